The van der Waals surface area contributed by atoms with Gasteiger partial charge in [0.05, 0.1) is 11.8 Å². The molecule has 0 heterocycles. The van der Waals surface area contributed by atoms with Crippen LogP contribution in [0.15, 0.2) is 21.6 Å². The van der Waals surface area contributed by atoms with E-state index in [-0.39, 0.29) is 17.6 Å². The van der Waals surface area contributed by atoms with E-state index in [9.17, 15) is 9.50 Å². The molecule has 1 aliphatic rings. The minimum absolute atomic E-state index is 0.0321. The number of aliphatic imine (C=N–C) groups is 1. The minimum Gasteiger partial charge on any atom is -0.393 e. The van der Waals surface area contributed by atoms with E-state index < -0.39 is 5.82 Å². The lowest BCUT2D eigenvalue weighted by Gasteiger charge is -2.22. The van der Waals surface area contributed by atoms with Crippen LogP contribution in [0.5, 0.6) is 0 Å². The van der Waals surface area contributed by atoms with Crippen LogP contribution in [-0.2, 0) is 0 Å². The lowest BCUT2D eigenvalue weighted by atomic mass is 9.88. The van der Waals surface area contributed by atoms with Crippen molar-refractivity contribution in [3.8, 4) is 6.07 Å². The van der Waals surface area contributed by atoms with Crippen LogP contribution in [0.25, 0.3) is 0 Å². The summed E-state index contributed by atoms with van der Waals surface area (Å²) in [5, 5.41) is 18.4. The Morgan fingerprint density at radius 2 is 2.05 bits per heavy atom. The summed E-state index contributed by atoms with van der Waals surface area (Å²) in [6.07, 6.45) is 4.87. The van der Waals surface area contributed by atoms with Crippen molar-refractivity contribution in [1.29, 1.82) is 5.26 Å². The average molecular weight is 325 g/mol. The van der Waals surface area contributed by atoms with Gasteiger partial charge in [-0.1, -0.05) is 15.9 Å². The molecule has 0 unspecified atom stereocenters. The van der Waals surface area contributed by atoms with Crippen LogP contribution in [0.4, 0.5) is 10.1 Å². The minimum atomic E-state index is -0.567. The van der Waals surface area contributed by atoms with Crippen molar-refractivity contribution in [2.24, 2.45) is 10.9 Å². The molecular formula is C14H14BrFN2O. The first kappa shape index (κ1) is 14.2. The van der Waals surface area contributed by atoms with E-state index in [2.05, 4.69) is 20.9 Å². The fourth-order valence-electron chi connectivity index (χ4n) is 2.21. The third kappa shape index (κ3) is 3.62. The summed E-state index contributed by atoms with van der Waals surface area (Å²) in [4.78, 5) is 4.25. The Hall–Kier alpha value is -1.25. The number of benzene rings is 1. The second kappa shape index (κ2) is 6.27. The molecule has 19 heavy (non-hydrogen) atoms. The number of rotatable bonds is 2. The Balaban J connectivity index is 2.17. The van der Waals surface area contributed by atoms with Crippen LogP contribution in [-0.4, -0.2) is 17.4 Å². The topological polar surface area (TPSA) is 56.4 Å². The molecule has 0 saturated heterocycles. The van der Waals surface area contributed by atoms with Gasteiger partial charge < -0.3 is 5.11 Å². The van der Waals surface area contributed by atoms with Gasteiger partial charge >= 0.3 is 0 Å². The number of aliphatic hydroxyl groups is 1. The average Bonchev–Trinajstić information content (AvgIpc) is 2.37. The lowest BCUT2D eigenvalue weighted by Crippen LogP contribution is -2.18. The van der Waals surface area contributed by atoms with Crippen molar-refractivity contribution in [3.63, 3.8) is 0 Å². The van der Waals surface area contributed by atoms with E-state index in [1.165, 1.54) is 6.07 Å². The van der Waals surface area contributed by atoms with Gasteiger partial charge in [0.1, 0.15) is 17.4 Å². The van der Waals surface area contributed by atoms with E-state index >= 15 is 0 Å². The lowest BCUT2D eigenvalue weighted by molar-refractivity contribution is 0.121. The first-order chi connectivity index (χ1) is 9.10. The maximum absolute atomic E-state index is 13.6. The molecule has 1 aliphatic carbocycles. The summed E-state index contributed by atoms with van der Waals surface area (Å²) in [6.45, 7) is 0. The zero-order valence-corrected chi connectivity index (χ0v) is 11.9. The van der Waals surface area contributed by atoms with Crippen LogP contribution in [0.1, 0.15) is 31.2 Å². The molecular weight excluding hydrogens is 311 g/mol. The number of nitriles is 1. The summed E-state index contributed by atoms with van der Waals surface area (Å²) in [5.41, 5.74) is 0.316. The smallest absolute Gasteiger partial charge is 0.144 e. The van der Waals surface area contributed by atoms with Gasteiger partial charge in [-0.2, -0.15) is 5.26 Å². The van der Waals surface area contributed by atoms with Gasteiger partial charge in [0.15, 0.2) is 0 Å². The predicted molar refractivity (Wildman–Crippen MR) is 74.9 cm³/mol. The quantitative estimate of drug-likeness (QED) is 0.843. The number of halogens is 2. The third-order valence-corrected chi connectivity index (χ3v) is 3.77. The van der Waals surface area contributed by atoms with E-state index in [1.807, 2.05) is 6.07 Å². The Kier molecular flexibility index (Phi) is 4.67. The Morgan fingerprint density at radius 3 is 2.68 bits per heavy atom. The van der Waals surface area contributed by atoms with Crippen LogP contribution >= 0.6 is 15.9 Å². The molecule has 0 atom stereocenters. The highest BCUT2D eigenvalue weighted by Crippen LogP contribution is 2.28. The predicted octanol–water partition coefficient (Wildman–Crippen LogP) is 3.71. The second-order valence-electron chi connectivity index (χ2n) is 4.74. The van der Waals surface area contributed by atoms with Gasteiger partial charge in [-0.15, -0.1) is 0 Å². The molecule has 0 aromatic heterocycles. The summed E-state index contributed by atoms with van der Waals surface area (Å²) in [7, 11) is 0. The largest absolute Gasteiger partial charge is 0.393 e. The molecule has 1 aromatic carbocycles. The molecule has 1 fully saturated rings. The van der Waals surface area contributed by atoms with Crippen molar-refractivity contribution in [2.75, 3.05) is 0 Å². The second-order valence-corrected chi connectivity index (χ2v) is 5.66. The zero-order valence-electron chi connectivity index (χ0n) is 10.3. The van der Waals surface area contributed by atoms with Crippen molar-refractivity contribution < 1.29 is 9.50 Å². The van der Waals surface area contributed by atoms with E-state index in [0.717, 1.165) is 25.7 Å². The Morgan fingerprint density at radius 1 is 1.37 bits per heavy atom. The van der Waals surface area contributed by atoms with Gasteiger partial charge in [-0.05, 0) is 43.7 Å². The van der Waals surface area contributed by atoms with E-state index in [1.54, 1.807) is 12.3 Å². The van der Waals surface area contributed by atoms with Crippen molar-refractivity contribution in [1.82, 2.24) is 0 Å². The Bertz CT molecular complexity index is 531. The van der Waals surface area contributed by atoms with E-state index in [0.29, 0.717) is 10.2 Å². The SMILES string of the molecule is N#Cc1c(F)cc(Br)cc1N=CC1CCC(O)CC1. The standard InChI is InChI=1S/C14H14BrFN2O/c15-10-5-13(16)12(7-17)14(6-10)18-8-9-1-3-11(19)4-2-9/h5-6,8-9,11,19H,1-4H2. The zero-order chi connectivity index (χ0) is 13.8. The van der Waals surface area contributed by atoms with Gasteiger partial charge in [0, 0.05) is 10.7 Å². The maximum atomic E-state index is 13.6. The molecule has 5 heteroatoms. The number of hydrogen-bond donors (Lipinski definition) is 1. The van der Waals surface area contributed by atoms with Gasteiger partial charge in [0.2, 0.25) is 0 Å². The maximum Gasteiger partial charge on any atom is 0.144 e. The van der Waals surface area contributed by atoms with Crippen LogP contribution < -0.4 is 0 Å². The van der Waals surface area contributed by atoms with Crippen LogP contribution in [0.3, 0.4) is 0 Å². The normalized spacial score (nSPS) is 23.5. The van der Waals surface area contributed by atoms with Crippen molar-refractivity contribution in [3.05, 3.63) is 28.0 Å². The summed E-state index contributed by atoms with van der Waals surface area (Å²) in [6, 6.07) is 4.73. The number of hydrogen-bond acceptors (Lipinski definition) is 3. The fourth-order valence-corrected chi connectivity index (χ4v) is 2.63. The number of nitrogens with zero attached hydrogens (tertiary/aromatic N) is 2. The summed E-state index contributed by atoms with van der Waals surface area (Å²) < 4.78 is 14.1. The third-order valence-electron chi connectivity index (χ3n) is 3.31. The molecule has 1 aromatic rings. The summed E-state index contributed by atoms with van der Waals surface area (Å²) >= 11 is 3.19. The highest BCUT2D eigenvalue weighted by Gasteiger charge is 2.18. The molecule has 2 rings (SSSR count). The Labute approximate surface area is 119 Å². The molecule has 0 bridgehead atoms. The van der Waals surface area contributed by atoms with Crippen LogP contribution in [0.2, 0.25) is 0 Å². The van der Waals surface area contributed by atoms with Crippen molar-refractivity contribution in [2.45, 2.75) is 31.8 Å². The van der Waals surface area contributed by atoms with Gasteiger partial charge in [0.25, 0.3) is 0 Å². The molecule has 3 nitrogen and oxygen atoms in total. The molecule has 0 radical (unpaired) electrons. The first-order valence-electron chi connectivity index (χ1n) is 6.21. The van der Waals surface area contributed by atoms with Gasteiger partial charge in [-0.25, -0.2) is 4.39 Å². The molecule has 0 aliphatic heterocycles. The summed E-state index contributed by atoms with van der Waals surface area (Å²) in [5.74, 6) is -0.278. The monoisotopic (exact) mass is 324 g/mol. The highest BCUT2D eigenvalue weighted by atomic mass is 79.9. The van der Waals surface area contributed by atoms with Crippen molar-refractivity contribution >= 4 is 27.8 Å². The van der Waals surface area contributed by atoms with Crippen LogP contribution in [0, 0.1) is 23.1 Å². The molecule has 0 spiro atoms. The number of aliphatic hydroxyl groups excluding tert-OH is 1. The fraction of sp³-hybridized carbons (Fsp3) is 0.429. The first-order valence-corrected chi connectivity index (χ1v) is 7.01. The highest BCUT2D eigenvalue weighted by molar-refractivity contribution is 9.10. The molecule has 100 valence electrons. The van der Waals surface area contributed by atoms with E-state index in [4.69, 9.17) is 5.26 Å². The molecule has 0 amide bonds. The molecule has 1 saturated carbocycles. The van der Waals surface area contributed by atoms with Gasteiger partial charge in [-0.3, -0.25) is 4.99 Å². The molecule has 1 N–H and O–H groups in total.